The van der Waals surface area contributed by atoms with Crippen molar-refractivity contribution in [3.05, 3.63) is 29.6 Å². The zero-order valence-electron chi connectivity index (χ0n) is 14.9. The zero-order chi connectivity index (χ0) is 18.4. The van der Waals surface area contributed by atoms with Crippen molar-refractivity contribution >= 4 is 11.8 Å². The van der Waals surface area contributed by atoms with Gasteiger partial charge in [-0.25, -0.2) is 4.39 Å². The number of methoxy groups -OCH3 is 1. The number of carbonyl (C=O) groups is 2. The first-order valence-electron chi connectivity index (χ1n) is 8.67. The summed E-state index contributed by atoms with van der Waals surface area (Å²) in [6.07, 6.45) is 1.46. The largest absolute Gasteiger partial charge is 0.494 e. The number of nitrogens with two attached hydrogens (primary N) is 1. The van der Waals surface area contributed by atoms with Crippen LogP contribution in [-0.4, -0.2) is 50.0 Å². The lowest BCUT2D eigenvalue weighted by atomic mass is 9.96. The van der Waals surface area contributed by atoms with Crippen molar-refractivity contribution in [1.82, 2.24) is 4.90 Å². The van der Waals surface area contributed by atoms with Gasteiger partial charge >= 0.3 is 0 Å². The van der Waals surface area contributed by atoms with Gasteiger partial charge in [-0.3, -0.25) is 9.59 Å². The lowest BCUT2D eigenvalue weighted by molar-refractivity contribution is -0.898. The third kappa shape index (κ3) is 5.16. The Balaban J connectivity index is 1.90. The van der Waals surface area contributed by atoms with Crippen molar-refractivity contribution in [1.29, 1.82) is 0 Å². The van der Waals surface area contributed by atoms with Gasteiger partial charge in [-0.15, -0.1) is 0 Å². The van der Waals surface area contributed by atoms with Gasteiger partial charge in [0.25, 0.3) is 5.91 Å². The van der Waals surface area contributed by atoms with E-state index in [2.05, 4.69) is 0 Å². The standard InChI is InChI=1S/C18H26FN3O3/c1-3-22(11-13-4-5-16(25-2)15(19)10-13)17(23)12-21-8-6-14(7-9-21)18(20)24/h4-5,10,14H,3,6-9,11-12H2,1-2H3,(H2,20,24)/p+1. The Bertz CT molecular complexity index is 616. The zero-order valence-corrected chi connectivity index (χ0v) is 14.9. The highest BCUT2D eigenvalue weighted by molar-refractivity contribution is 5.77. The summed E-state index contributed by atoms with van der Waals surface area (Å²) in [4.78, 5) is 26.7. The predicted molar refractivity (Wildman–Crippen MR) is 91.5 cm³/mol. The van der Waals surface area contributed by atoms with Crippen molar-refractivity contribution in [2.75, 3.05) is 33.3 Å². The number of primary amides is 1. The number of rotatable bonds is 7. The number of halogens is 1. The Labute approximate surface area is 147 Å². The monoisotopic (exact) mass is 352 g/mol. The highest BCUT2D eigenvalue weighted by Gasteiger charge is 2.28. The summed E-state index contributed by atoms with van der Waals surface area (Å²) in [5.41, 5.74) is 6.07. The molecule has 0 aliphatic carbocycles. The molecule has 1 aliphatic rings. The summed E-state index contributed by atoms with van der Waals surface area (Å²) in [6, 6.07) is 4.74. The number of ether oxygens (including phenoxy) is 1. The molecule has 0 spiro atoms. The number of quaternary nitrogens is 1. The van der Waals surface area contributed by atoms with E-state index in [4.69, 9.17) is 10.5 Å². The first-order valence-corrected chi connectivity index (χ1v) is 8.67. The highest BCUT2D eigenvalue weighted by atomic mass is 19.1. The van der Waals surface area contributed by atoms with E-state index in [1.165, 1.54) is 18.1 Å². The molecule has 1 aromatic rings. The minimum absolute atomic E-state index is 0.0336. The minimum atomic E-state index is -0.428. The van der Waals surface area contributed by atoms with Crippen LogP contribution in [0.5, 0.6) is 5.75 Å². The summed E-state index contributed by atoms with van der Waals surface area (Å²) >= 11 is 0. The average molecular weight is 352 g/mol. The van der Waals surface area contributed by atoms with Crippen LogP contribution in [0.25, 0.3) is 0 Å². The maximum Gasteiger partial charge on any atom is 0.278 e. The fraction of sp³-hybridized carbons (Fsp3) is 0.556. The molecule has 1 aliphatic heterocycles. The SMILES string of the molecule is CCN(Cc1ccc(OC)c(F)c1)C(=O)C[NH+]1CCC(C(N)=O)CC1. The molecule has 2 rings (SSSR count). The van der Waals surface area contributed by atoms with Crippen LogP contribution in [0.15, 0.2) is 18.2 Å². The number of hydrogen-bond acceptors (Lipinski definition) is 3. The van der Waals surface area contributed by atoms with E-state index in [0.717, 1.165) is 31.5 Å². The summed E-state index contributed by atoms with van der Waals surface area (Å²) in [5, 5.41) is 0. The normalized spacial score (nSPS) is 20.1. The van der Waals surface area contributed by atoms with E-state index in [1.807, 2.05) is 6.92 Å². The van der Waals surface area contributed by atoms with Gasteiger partial charge in [0.2, 0.25) is 5.91 Å². The van der Waals surface area contributed by atoms with Gasteiger partial charge in [-0.1, -0.05) is 6.07 Å². The molecule has 0 unspecified atom stereocenters. The van der Waals surface area contributed by atoms with E-state index in [-0.39, 0.29) is 23.5 Å². The third-order valence-corrected chi connectivity index (χ3v) is 4.82. The van der Waals surface area contributed by atoms with Gasteiger partial charge in [0.15, 0.2) is 18.1 Å². The van der Waals surface area contributed by atoms with Gasteiger partial charge in [0, 0.05) is 31.8 Å². The molecule has 1 aromatic carbocycles. The van der Waals surface area contributed by atoms with Crippen molar-refractivity contribution in [3.8, 4) is 5.75 Å². The number of amides is 2. The second kappa shape index (κ2) is 8.80. The number of carbonyl (C=O) groups excluding carboxylic acids is 2. The van der Waals surface area contributed by atoms with E-state index in [1.54, 1.807) is 17.0 Å². The summed E-state index contributed by atoms with van der Waals surface area (Å²) in [6.45, 7) is 4.77. The molecule has 0 bridgehead atoms. The molecule has 7 heteroatoms. The number of likely N-dealkylation sites (N-methyl/N-ethyl adjacent to an activating group) is 1. The summed E-state index contributed by atoms with van der Waals surface area (Å²) in [5.74, 6) is -0.515. The van der Waals surface area contributed by atoms with Crippen molar-refractivity contribution < 1.29 is 23.6 Å². The van der Waals surface area contributed by atoms with Crippen LogP contribution in [0.2, 0.25) is 0 Å². The molecule has 1 fully saturated rings. The molecule has 138 valence electrons. The van der Waals surface area contributed by atoms with Crippen molar-refractivity contribution in [3.63, 3.8) is 0 Å². The number of likely N-dealkylation sites (tertiary alicyclic amines) is 1. The number of benzene rings is 1. The maximum atomic E-state index is 13.8. The van der Waals surface area contributed by atoms with Gasteiger partial charge in [-0.05, 0) is 24.6 Å². The number of nitrogens with zero attached hydrogens (tertiary/aromatic N) is 1. The fourth-order valence-corrected chi connectivity index (χ4v) is 3.22. The van der Waals surface area contributed by atoms with Crippen LogP contribution in [-0.2, 0) is 16.1 Å². The van der Waals surface area contributed by atoms with Gasteiger partial charge < -0.3 is 20.3 Å². The first kappa shape index (κ1) is 19.2. The van der Waals surface area contributed by atoms with E-state index < -0.39 is 5.82 Å². The van der Waals surface area contributed by atoms with Gasteiger partial charge in [-0.2, -0.15) is 0 Å². The maximum absolute atomic E-state index is 13.8. The molecule has 0 atom stereocenters. The number of hydrogen-bond donors (Lipinski definition) is 2. The van der Waals surface area contributed by atoms with E-state index >= 15 is 0 Å². The van der Waals surface area contributed by atoms with Crippen molar-refractivity contribution in [2.24, 2.45) is 11.7 Å². The number of nitrogens with one attached hydrogen (secondary N) is 1. The van der Waals surface area contributed by atoms with Crippen LogP contribution in [0, 0.1) is 11.7 Å². The molecule has 3 N–H and O–H groups in total. The first-order chi connectivity index (χ1) is 11.9. The van der Waals surface area contributed by atoms with Crippen LogP contribution >= 0.6 is 0 Å². The summed E-state index contributed by atoms with van der Waals surface area (Å²) < 4.78 is 18.7. The molecular weight excluding hydrogens is 325 g/mol. The predicted octanol–water partition coefficient (Wildman–Crippen LogP) is -0.0370. The van der Waals surface area contributed by atoms with Crippen LogP contribution < -0.4 is 15.4 Å². The van der Waals surface area contributed by atoms with Crippen LogP contribution in [0.4, 0.5) is 4.39 Å². The van der Waals surface area contributed by atoms with Crippen LogP contribution in [0.3, 0.4) is 0 Å². The summed E-state index contributed by atoms with van der Waals surface area (Å²) in [7, 11) is 1.42. The quantitative estimate of drug-likeness (QED) is 0.723. The van der Waals surface area contributed by atoms with Gasteiger partial charge in [0.1, 0.15) is 0 Å². The van der Waals surface area contributed by atoms with E-state index in [9.17, 15) is 14.0 Å². The minimum Gasteiger partial charge on any atom is -0.494 e. The van der Waals surface area contributed by atoms with Crippen molar-refractivity contribution in [2.45, 2.75) is 26.3 Å². The molecule has 0 aromatic heterocycles. The molecule has 1 saturated heterocycles. The van der Waals surface area contributed by atoms with Gasteiger partial charge in [0.05, 0.1) is 20.2 Å². The molecule has 0 saturated carbocycles. The third-order valence-electron chi connectivity index (χ3n) is 4.82. The Morgan fingerprint density at radius 3 is 2.56 bits per heavy atom. The fourth-order valence-electron chi connectivity index (χ4n) is 3.22. The molecule has 25 heavy (non-hydrogen) atoms. The molecule has 6 nitrogen and oxygen atoms in total. The molecule has 1 heterocycles. The second-order valence-electron chi connectivity index (χ2n) is 6.48. The second-order valence-corrected chi connectivity index (χ2v) is 6.48. The smallest absolute Gasteiger partial charge is 0.278 e. The van der Waals surface area contributed by atoms with Crippen LogP contribution in [0.1, 0.15) is 25.3 Å². The molecule has 2 amide bonds. The lowest BCUT2D eigenvalue weighted by Gasteiger charge is -2.29. The Hall–Kier alpha value is -2.15. The molecule has 0 radical (unpaired) electrons. The average Bonchev–Trinajstić information content (AvgIpc) is 2.60. The Morgan fingerprint density at radius 2 is 2.04 bits per heavy atom. The number of piperidine rings is 1. The van der Waals surface area contributed by atoms with E-state index in [0.29, 0.717) is 19.6 Å². The topological polar surface area (TPSA) is 77.1 Å². The lowest BCUT2D eigenvalue weighted by Crippen LogP contribution is -3.14. The highest BCUT2D eigenvalue weighted by Crippen LogP contribution is 2.18. The Morgan fingerprint density at radius 1 is 1.36 bits per heavy atom. The Kier molecular flexibility index (Phi) is 6.75. The molecular formula is C18H27FN3O3+.